The second-order valence-electron chi connectivity index (χ2n) is 4.73. The van der Waals surface area contributed by atoms with Gasteiger partial charge in [-0.2, -0.15) is 0 Å². The zero-order valence-electron chi connectivity index (χ0n) is 11.8. The molecule has 19 heavy (non-hydrogen) atoms. The van der Waals surface area contributed by atoms with E-state index in [1.54, 1.807) is 0 Å². The minimum absolute atomic E-state index is 1.06. The van der Waals surface area contributed by atoms with Crippen LogP contribution in [0.4, 0.5) is 0 Å². The van der Waals surface area contributed by atoms with Gasteiger partial charge in [0.25, 0.3) is 0 Å². The summed E-state index contributed by atoms with van der Waals surface area (Å²) >= 11 is 0. The molecule has 0 amide bonds. The van der Waals surface area contributed by atoms with Crippen LogP contribution < -0.4 is 0 Å². The standard InChI is InChI=1S/C13H9N.C5H12/c1-3-7-12-10(5-1)9-11-6-2-4-8-13(11)14-12;1-3-5-4-2/h1-9H;3-5H2,1-2H3. The summed E-state index contributed by atoms with van der Waals surface area (Å²) in [7, 11) is 0. The number of hydrogen-bond donors (Lipinski definition) is 0. The maximum absolute atomic E-state index is 4.58. The highest BCUT2D eigenvalue weighted by atomic mass is 14.7. The Kier molecular flexibility index (Phi) is 4.91. The Labute approximate surface area is 115 Å². The summed E-state index contributed by atoms with van der Waals surface area (Å²) in [6.45, 7) is 4.42. The maximum atomic E-state index is 4.58. The molecular formula is C18H21N. The largest absolute Gasteiger partial charge is 0.248 e. The highest BCUT2D eigenvalue weighted by Crippen LogP contribution is 2.18. The average Bonchev–Trinajstić information content (AvgIpc) is 2.46. The first kappa shape index (κ1) is 13.5. The van der Waals surface area contributed by atoms with Crippen molar-refractivity contribution in [3.63, 3.8) is 0 Å². The van der Waals surface area contributed by atoms with E-state index in [2.05, 4.69) is 37.0 Å². The lowest BCUT2D eigenvalue weighted by Gasteiger charge is -1.99. The van der Waals surface area contributed by atoms with Gasteiger partial charge in [0.1, 0.15) is 0 Å². The third-order valence-electron chi connectivity index (χ3n) is 3.13. The van der Waals surface area contributed by atoms with Gasteiger partial charge in [0.15, 0.2) is 0 Å². The Hall–Kier alpha value is -1.89. The highest BCUT2D eigenvalue weighted by Gasteiger charge is 1.96. The van der Waals surface area contributed by atoms with Gasteiger partial charge in [0, 0.05) is 10.8 Å². The molecule has 98 valence electrons. The van der Waals surface area contributed by atoms with Crippen molar-refractivity contribution in [1.29, 1.82) is 0 Å². The fraction of sp³-hybridized carbons (Fsp3) is 0.278. The van der Waals surface area contributed by atoms with Gasteiger partial charge >= 0.3 is 0 Å². The van der Waals surface area contributed by atoms with E-state index in [0.29, 0.717) is 0 Å². The average molecular weight is 251 g/mol. The number of unbranched alkanes of at least 4 members (excludes halogenated alkanes) is 2. The number of hydrogen-bond acceptors (Lipinski definition) is 1. The van der Waals surface area contributed by atoms with Gasteiger partial charge in [-0.3, -0.25) is 0 Å². The van der Waals surface area contributed by atoms with E-state index in [-0.39, 0.29) is 0 Å². The SMILES string of the molecule is CCCCC.c1ccc2nc3ccccc3cc2c1. The van der Waals surface area contributed by atoms with Gasteiger partial charge < -0.3 is 0 Å². The van der Waals surface area contributed by atoms with Crippen LogP contribution in [-0.4, -0.2) is 4.98 Å². The Morgan fingerprint density at radius 2 is 1.21 bits per heavy atom. The van der Waals surface area contributed by atoms with Crippen molar-refractivity contribution in [1.82, 2.24) is 4.98 Å². The molecule has 0 radical (unpaired) electrons. The summed E-state index contributed by atoms with van der Waals surface area (Å²) in [6.07, 6.45) is 4.08. The van der Waals surface area contributed by atoms with Gasteiger partial charge in [0.05, 0.1) is 11.0 Å². The van der Waals surface area contributed by atoms with Crippen molar-refractivity contribution in [2.24, 2.45) is 0 Å². The Morgan fingerprint density at radius 1 is 0.737 bits per heavy atom. The predicted octanol–water partition coefficient (Wildman–Crippen LogP) is 5.58. The molecule has 0 saturated heterocycles. The Morgan fingerprint density at radius 3 is 1.63 bits per heavy atom. The molecule has 0 fully saturated rings. The first-order valence-electron chi connectivity index (χ1n) is 7.09. The van der Waals surface area contributed by atoms with Crippen LogP contribution in [-0.2, 0) is 0 Å². The molecule has 0 spiro atoms. The fourth-order valence-electron chi connectivity index (χ4n) is 2.07. The zero-order valence-corrected chi connectivity index (χ0v) is 11.8. The first-order valence-corrected chi connectivity index (χ1v) is 7.09. The van der Waals surface area contributed by atoms with E-state index in [1.165, 1.54) is 30.0 Å². The van der Waals surface area contributed by atoms with Crippen molar-refractivity contribution in [3.8, 4) is 0 Å². The van der Waals surface area contributed by atoms with Crippen molar-refractivity contribution < 1.29 is 0 Å². The van der Waals surface area contributed by atoms with E-state index >= 15 is 0 Å². The molecular weight excluding hydrogens is 230 g/mol. The molecule has 3 aromatic rings. The predicted molar refractivity (Wildman–Crippen MR) is 84.4 cm³/mol. The Balaban J connectivity index is 0.000000232. The van der Waals surface area contributed by atoms with E-state index in [1.807, 2.05) is 36.4 Å². The van der Waals surface area contributed by atoms with Crippen molar-refractivity contribution in [3.05, 3.63) is 54.6 Å². The minimum atomic E-state index is 1.06. The number of pyridine rings is 1. The zero-order chi connectivity index (χ0) is 13.5. The number of fused-ring (bicyclic) bond motifs is 2. The van der Waals surface area contributed by atoms with Crippen LogP contribution in [0.5, 0.6) is 0 Å². The molecule has 1 aromatic heterocycles. The normalized spacial score (nSPS) is 10.2. The molecule has 1 nitrogen and oxygen atoms in total. The quantitative estimate of drug-likeness (QED) is 0.541. The number of aromatic nitrogens is 1. The molecule has 0 aliphatic rings. The van der Waals surface area contributed by atoms with Crippen LogP contribution >= 0.6 is 0 Å². The molecule has 0 atom stereocenters. The summed E-state index contributed by atoms with van der Waals surface area (Å²) in [5.41, 5.74) is 2.12. The summed E-state index contributed by atoms with van der Waals surface area (Å²) in [4.78, 5) is 4.58. The minimum Gasteiger partial charge on any atom is -0.248 e. The molecule has 3 rings (SSSR count). The topological polar surface area (TPSA) is 12.9 Å². The van der Waals surface area contributed by atoms with Crippen LogP contribution in [0.25, 0.3) is 21.8 Å². The molecule has 1 heteroatoms. The third kappa shape index (κ3) is 3.54. The van der Waals surface area contributed by atoms with E-state index in [9.17, 15) is 0 Å². The second kappa shape index (κ2) is 6.89. The summed E-state index contributed by atoms with van der Waals surface area (Å²) in [6, 6.07) is 18.6. The molecule has 0 bridgehead atoms. The van der Waals surface area contributed by atoms with Crippen LogP contribution in [0.3, 0.4) is 0 Å². The fourth-order valence-corrected chi connectivity index (χ4v) is 2.07. The lowest BCUT2D eigenvalue weighted by molar-refractivity contribution is 0.772. The molecule has 0 aliphatic carbocycles. The van der Waals surface area contributed by atoms with E-state index in [4.69, 9.17) is 0 Å². The van der Waals surface area contributed by atoms with Crippen molar-refractivity contribution in [2.75, 3.05) is 0 Å². The van der Waals surface area contributed by atoms with Crippen molar-refractivity contribution >= 4 is 21.8 Å². The summed E-state index contributed by atoms with van der Waals surface area (Å²) in [5, 5.41) is 2.40. The molecule has 2 aromatic carbocycles. The molecule has 1 heterocycles. The van der Waals surface area contributed by atoms with Gasteiger partial charge in [0.2, 0.25) is 0 Å². The van der Waals surface area contributed by atoms with Crippen LogP contribution in [0.2, 0.25) is 0 Å². The second-order valence-corrected chi connectivity index (χ2v) is 4.73. The van der Waals surface area contributed by atoms with Gasteiger partial charge in [-0.1, -0.05) is 69.5 Å². The molecule has 0 aliphatic heterocycles. The number of rotatable bonds is 2. The lowest BCUT2D eigenvalue weighted by Crippen LogP contribution is -1.80. The smallest absolute Gasteiger partial charge is 0.0709 e. The lowest BCUT2D eigenvalue weighted by atomic mass is 10.1. The monoisotopic (exact) mass is 251 g/mol. The van der Waals surface area contributed by atoms with Gasteiger partial charge in [-0.05, 0) is 18.2 Å². The summed E-state index contributed by atoms with van der Waals surface area (Å²) in [5.74, 6) is 0. The van der Waals surface area contributed by atoms with E-state index in [0.717, 1.165) is 11.0 Å². The first-order chi connectivity index (χ1) is 9.35. The van der Waals surface area contributed by atoms with Crippen LogP contribution in [0, 0.1) is 0 Å². The molecule has 0 saturated carbocycles. The molecule has 0 N–H and O–H groups in total. The van der Waals surface area contributed by atoms with Crippen LogP contribution in [0.1, 0.15) is 33.1 Å². The number of benzene rings is 2. The highest BCUT2D eigenvalue weighted by molar-refractivity contribution is 5.92. The van der Waals surface area contributed by atoms with E-state index < -0.39 is 0 Å². The Bertz CT molecular complexity index is 536. The number of para-hydroxylation sites is 2. The summed E-state index contributed by atoms with van der Waals surface area (Å²) < 4.78 is 0. The van der Waals surface area contributed by atoms with Gasteiger partial charge in [-0.15, -0.1) is 0 Å². The third-order valence-corrected chi connectivity index (χ3v) is 3.13. The van der Waals surface area contributed by atoms with Crippen LogP contribution in [0.15, 0.2) is 54.6 Å². The van der Waals surface area contributed by atoms with Crippen molar-refractivity contribution in [2.45, 2.75) is 33.1 Å². The van der Waals surface area contributed by atoms with Gasteiger partial charge in [-0.25, -0.2) is 4.98 Å². The maximum Gasteiger partial charge on any atom is 0.0709 e. The molecule has 0 unspecified atom stereocenters. The number of nitrogens with zero attached hydrogens (tertiary/aromatic N) is 1.